The monoisotopic (exact) mass is 244 g/mol. The van der Waals surface area contributed by atoms with E-state index in [-0.39, 0.29) is 90.0 Å². The number of hydrogen-bond donors (Lipinski definition) is 0. The van der Waals surface area contributed by atoms with Crippen LogP contribution in [0.5, 0.6) is 0 Å². The van der Waals surface area contributed by atoms with E-state index in [2.05, 4.69) is 0 Å². The van der Waals surface area contributed by atoms with E-state index in [0.29, 0.717) is 0 Å². The van der Waals surface area contributed by atoms with Crippen LogP contribution in [0.4, 0.5) is 0 Å². The Labute approximate surface area is 88.8 Å². The second kappa shape index (κ2) is 29.2. The van der Waals surface area contributed by atoms with Gasteiger partial charge in [0.2, 0.25) is 0 Å². The first kappa shape index (κ1) is 46.1. The first-order chi connectivity index (χ1) is 0. The molecule has 0 aromatic rings. The summed E-state index contributed by atoms with van der Waals surface area (Å²) in [4.78, 5) is 0. The van der Waals surface area contributed by atoms with Gasteiger partial charge in [-0.05, 0) is 0 Å². The van der Waals surface area contributed by atoms with Crippen molar-refractivity contribution in [1.82, 2.24) is 0 Å². The van der Waals surface area contributed by atoms with E-state index in [0.717, 1.165) is 0 Å². The molecule has 0 amide bonds. The maximum Gasteiger partial charge on any atom is 0.187 e. The van der Waals surface area contributed by atoms with Crippen LogP contribution in [0.1, 0.15) is 0 Å². The van der Waals surface area contributed by atoms with Gasteiger partial charge in [-0.3, -0.25) is 0 Å². The Morgan fingerprint density at radius 2 is 1.00 bits per heavy atom. The third-order valence-electron chi connectivity index (χ3n) is 0. The van der Waals surface area contributed by atoms with Gasteiger partial charge in [-0.15, -0.1) is 0 Å². The van der Waals surface area contributed by atoms with E-state index in [1.54, 1.807) is 0 Å². The third-order valence-corrected chi connectivity index (χ3v) is 0. The van der Waals surface area contributed by atoms with Crippen LogP contribution in [0, 0.1) is 0 Å². The van der Waals surface area contributed by atoms with Gasteiger partial charge in [-0.25, -0.2) is 0 Å². The fraction of sp³-hybridized carbons (Fsp3) is 0. The van der Waals surface area contributed by atoms with Crippen molar-refractivity contribution >= 4 is 17.4 Å². The van der Waals surface area contributed by atoms with E-state index in [9.17, 15) is 0 Å². The maximum absolute atomic E-state index is 0. The minimum Gasteiger partial charge on any atom is 0 e. The number of hydrogen-bond acceptors (Lipinski definition) is 0. The molecule has 0 radical (unpaired) electrons. The van der Waals surface area contributed by atoms with Crippen molar-refractivity contribution in [2.75, 3.05) is 0 Å². The molecule has 0 atom stereocenters. The molecule has 5 heteroatoms. The summed E-state index contributed by atoms with van der Waals surface area (Å²) in [6.45, 7) is 0. The average molecular weight is 244 g/mol. The van der Waals surface area contributed by atoms with E-state index >= 15 is 0 Å². The summed E-state index contributed by atoms with van der Waals surface area (Å²) >= 11 is 0. The van der Waals surface area contributed by atoms with Crippen LogP contribution < -0.4 is 0 Å². The molecular weight excluding hydrogens is 241 g/mol. The van der Waals surface area contributed by atoms with E-state index in [4.69, 9.17) is 0 Å². The van der Waals surface area contributed by atoms with Gasteiger partial charge < -0.3 is 0 Å². The summed E-state index contributed by atoms with van der Waals surface area (Å²) in [7, 11) is 0. The Kier molecular flexibility index (Phi) is 270. The third kappa shape index (κ3) is 20.0. The molecule has 0 nitrogen and oxygen atoms in total. The molecular formula is H3AlCrFeNiTi. The maximum atomic E-state index is 0. The summed E-state index contributed by atoms with van der Waals surface area (Å²) in [5.74, 6) is 0. The molecule has 0 rings (SSSR count). The molecule has 0 fully saturated rings. The van der Waals surface area contributed by atoms with Crippen molar-refractivity contribution < 1.29 is 72.6 Å². The van der Waals surface area contributed by atoms with E-state index in [1.807, 2.05) is 0 Å². The predicted octanol–water partition coefficient (Wildman–Crippen LogP) is -1.19. The SMILES string of the molecule is [AlH3].[Cr].[Fe].[Ni].[Ti]. The van der Waals surface area contributed by atoms with Crippen molar-refractivity contribution in [3.05, 3.63) is 0 Å². The minimum atomic E-state index is 0. The molecule has 0 saturated carbocycles. The summed E-state index contributed by atoms with van der Waals surface area (Å²) in [6, 6.07) is 0. The van der Waals surface area contributed by atoms with Crippen molar-refractivity contribution in [3.63, 3.8) is 0 Å². The first-order valence-electron chi connectivity index (χ1n) is 0. The van der Waals surface area contributed by atoms with Crippen LogP contribution in [0.3, 0.4) is 0 Å². The average Bonchev–Trinajstić information content (AvgIpc) is 0. The fourth-order valence-electron chi connectivity index (χ4n) is 0. The van der Waals surface area contributed by atoms with Crippen LogP contribution in [-0.4, -0.2) is 17.4 Å². The van der Waals surface area contributed by atoms with E-state index < -0.39 is 0 Å². The normalized spacial score (nSPS) is 0. The minimum absolute atomic E-state index is 0. The zero-order valence-corrected chi connectivity index (χ0v) is 6.51. The molecule has 0 spiro atoms. The second-order valence-electron chi connectivity index (χ2n) is 0. The van der Waals surface area contributed by atoms with Gasteiger partial charge in [0.1, 0.15) is 0 Å². The van der Waals surface area contributed by atoms with E-state index in [1.165, 1.54) is 0 Å². The molecule has 34 valence electrons. The quantitative estimate of drug-likeness (QED) is 0.470. The van der Waals surface area contributed by atoms with Crippen LogP contribution in [0.2, 0.25) is 0 Å². The van der Waals surface area contributed by atoms with Gasteiger partial charge in [0, 0.05) is 72.6 Å². The van der Waals surface area contributed by atoms with Crippen molar-refractivity contribution in [1.29, 1.82) is 0 Å². The van der Waals surface area contributed by atoms with Crippen LogP contribution >= 0.6 is 0 Å². The molecule has 0 aliphatic carbocycles. The topological polar surface area (TPSA) is 0 Å². The van der Waals surface area contributed by atoms with Gasteiger partial charge in [0.25, 0.3) is 0 Å². The standard InChI is InChI=1S/Al.Cr.Fe.Ni.Ti.3H. The molecule has 0 unspecified atom stereocenters. The molecule has 0 aliphatic heterocycles. The Hall–Kier alpha value is 2.79. The molecule has 0 aromatic carbocycles. The molecule has 0 bridgehead atoms. The summed E-state index contributed by atoms with van der Waals surface area (Å²) in [5, 5.41) is 0. The van der Waals surface area contributed by atoms with Gasteiger partial charge in [-0.2, -0.15) is 0 Å². The zero-order chi connectivity index (χ0) is 0. The predicted molar refractivity (Wildman–Crippen MR) is 9.94 cm³/mol. The van der Waals surface area contributed by atoms with Gasteiger partial charge in [0.05, 0.1) is 0 Å². The van der Waals surface area contributed by atoms with Crippen molar-refractivity contribution in [2.45, 2.75) is 0 Å². The van der Waals surface area contributed by atoms with Crippen LogP contribution in [0.15, 0.2) is 0 Å². The van der Waals surface area contributed by atoms with Gasteiger partial charge >= 0.3 is 0 Å². The zero-order valence-electron chi connectivity index (χ0n) is 1.58. The molecule has 0 saturated heterocycles. The number of rotatable bonds is 0. The van der Waals surface area contributed by atoms with Crippen molar-refractivity contribution in [3.8, 4) is 0 Å². The Bertz CT molecular complexity index is 11.6. The van der Waals surface area contributed by atoms with Gasteiger partial charge in [0.15, 0.2) is 17.4 Å². The molecule has 0 heterocycles. The van der Waals surface area contributed by atoms with Crippen molar-refractivity contribution in [2.24, 2.45) is 0 Å². The molecule has 5 heavy (non-hydrogen) atoms. The largest absolute Gasteiger partial charge is 0.187 e. The first-order valence-corrected chi connectivity index (χ1v) is 0. The van der Waals surface area contributed by atoms with Gasteiger partial charge in [-0.1, -0.05) is 0 Å². The van der Waals surface area contributed by atoms with Crippen LogP contribution in [0.25, 0.3) is 0 Å². The molecule has 0 N–H and O–H groups in total. The van der Waals surface area contributed by atoms with Crippen LogP contribution in [-0.2, 0) is 72.6 Å². The summed E-state index contributed by atoms with van der Waals surface area (Å²) in [5.41, 5.74) is 0. The fourth-order valence-corrected chi connectivity index (χ4v) is 0. The molecule has 0 aromatic heterocycles. The Morgan fingerprint density at radius 3 is 1.00 bits per heavy atom. The molecule has 0 aliphatic rings. The Balaban J connectivity index is 0. The smallest absolute Gasteiger partial charge is 0 e. The summed E-state index contributed by atoms with van der Waals surface area (Å²) < 4.78 is 0. The summed E-state index contributed by atoms with van der Waals surface area (Å²) in [6.07, 6.45) is 0. The second-order valence-corrected chi connectivity index (χ2v) is 0. The Morgan fingerprint density at radius 1 is 1.00 bits per heavy atom.